The molecular weight excluding hydrogens is 178 g/mol. The van der Waals surface area contributed by atoms with E-state index in [2.05, 4.69) is 4.98 Å². The van der Waals surface area contributed by atoms with Gasteiger partial charge in [0.1, 0.15) is 11.8 Å². The Hall–Kier alpha value is -1.54. The van der Waals surface area contributed by atoms with E-state index in [9.17, 15) is 8.78 Å². The van der Waals surface area contributed by atoms with Gasteiger partial charge in [-0.15, -0.1) is 0 Å². The molecule has 0 fully saturated rings. The highest BCUT2D eigenvalue weighted by Gasteiger charge is 2.14. The maximum atomic E-state index is 12.2. The molecule has 0 saturated carbocycles. The quantitative estimate of drug-likeness (QED) is 0.755. The zero-order chi connectivity index (χ0) is 9.84. The number of nitrogens with zero attached hydrogens (tertiary/aromatic N) is 2. The normalized spacial score (nSPS) is 10.1. The molecule has 0 aromatic carbocycles. The molecule has 13 heavy (non-hydrogen) atoms. The number of alkyl halides is 2. The van der Waals surface area contributed by atoms with Crippen LogP contribution in [0.1, 0.15) is 23.2 Å². The van der Waals surface area contributed by atoms with Crippen molar-refractivity contribution in [3.63, 3.8) is 0 Å². The second-order valence-corrected chi connectivity index (χ2v) is 2.34. The van der Waals surface area contributed by atoms with Gasteiger partial charge in [0.15, 0.2) is 0 Å². The smallest absolute Gasteiger partial charge is 0.280 e. The average Bonchev–Trinajstić information content (AvgIpc) is 2.16. The molecule has 0 aliphatic carbocycles. The highest BCUT2D eigenvalue weighted by Crippen LogP contribution is 2.20. The Morgan fingerprint density at radius 2 is 2.31 bits per heavy atom. The molecule has 0 saturated heterocycles. The van der Waals surface area contributed by atoms with Crippen LogP contribution in [0.25, 0.3) is 0 Å². The lowest BCUT2D eigenvalue weighted by Gasteiger charge is -2.04. The summed E-state index contributed by atoms with van der Waals surface area (Å²) < 4.78 is 24.4. The van der Waals surface area contributed by atoms with Gasteiger partial charge in [-0.2, -0.15) is 5.26 Å². The van der Waals surface area contributed by atoms with Crippen LogP contribution in [-0.4, -0.2) is 10.1 Å². The summed E-state index contributed by atoms with van der Waals surface area (Å²) in [4.78, 5) is 3.39. The van der Waals surface area contributed by atoms with Crippen LogP contribution < -0.4 is 0 Å². The number of nitriles is 1. The minimum absolute atomic E-state index is 0.00551. The summed E-state index contributed by atoms with van der Waals surface area (Å²) in [6.45, 7) is -0.539. The molecule has 0 bridgehead atoms. The van der Waals surface area contributed by atoms with Crippen molar-refractivity contribution in [3.8, 4) is 6.07 Å². The lowest BCUT2D eigenvalue weighted by atomic mass is 10.1. The summed E-state index contributed by atoms with van der Waals surface area (Å²) in [6, 6.07) is 2.95. The zero-order valence-corrected chi connectivity index (χ0v) is 6.54. The average molecular weight is 184 g/mol. The highest BCUT2D eigenvalue weighted by atomic mass is 19.3. The standard InChI is InChI=1S/C8H6F2N2O/c9-8(10)7-6(4-13)1-5(2-11)3-12-7/h1,3,8,13H,4H2. The molecule has 1 rings (SSSR count). The predicted molar refractivity (Wildman–Crippen MR) is 39.8 cm³/mol. The first-order chi connectivity index (χ1) is 6.19. The first kappa shape index (κ1) is 9.55. The van der Waals surface area contributed by atoms with Crippen molar-refractivity contribution in [2.45, 2.75) is 13.0 Å². The number of pyridine rings is 1. The van der Waals surface area contributed by atoms with E-state index in [1.165, 1.54) is 6.07 Å². The van der Waals surface area contributed by atoms with Crippen LogP contribution in [0.5, 0.6) is 0 Å². The van der Waals surface area contributed by atoms with Crippen molar-refractivity contribution in [1.82, 2.24) is 4.98 Å². The molecule has 1 aromatic heterocycles. The number of rotatable bonds is 2. The minimum atomic E-state index is -2.73. The van der Waals surface area contributed by atoms with E-state index < -0.39 is 18.7 Å². The van der Waals surface area contributed by atoms with Crippen molar-refractivity contribution >= 4 is 0 Å². The Morgan fingerprint density at radius 1 is 1.62 bits per heavy atom. The Morgan fingerprint density at radius 3 is 2.77 bits per heavy atom. The maximum Gasteiger partial charge on any atom is 0.280 e. The highest BCUT2D eigenvalue weighted by molar-refractivity contribution is 5.33. The van der Waals surface area contributed by atoms with E-state index in [4.69, 9.17) is 10.4 Å². The summed E-state index contributed by atoms with van der Waals surface area (Å²) in [5.41, 5.74) is -0.316. The molecule has 0 amide bonds. The van der Waals surface area contributed by atoms with Crippen molar-refractivity contribution < 1.29 is 13.9 Å². The van der Waals surface area contributed by atoms with Crippen molar-refractivity contribution in [2.24, 2.45) is 0 Å². The van der Waals surface area contributed by atoms with E-state index >= 15 is 0 Å². The molecule has 0 atom stereocenters. The van der Waals surface area contributed by atoms with Crippen molar-refractivity contribution in [2.75, 3.05) is 0 Å². The van der Waals surface area contributed by atoms with E-state index in [-0.39, 0.29) is 11.1 Å². The Labute approximate surface area is 73.3 Å². The topological polar surface area (TPSA) is 56.9 Å². The summed E-state index contributed by atoms with van der Waals surface area (Å²) in [5, 5.41) is 17.1. The van der Waals surface area contributed by atoms with Gasteiger partial charge < -0.3 is 5.11 Å². The fourth-order valence-corrected chi connectivity index (χ4v) is 0.905. The van der Waals surface area contributed by atoms with Gasteiger partial charge in [-0.05, 0) is 6.07 Å². The molecule has 68 valence electrons. The minimum Gasteiger partial charge on any atom is -0.392 e. The third-order valence-corrected chi connectivity index (χ3v) is 1.51. The number of hydrogen-bond donors (Lipinski definition) is 1. The molecule has 0 unspecified atom stereocenters. The molecular formula is C8H6F2N2O. The molecule has 1 aromatic rings. The Balaban J connectivity index is 3.17. The van der Waals surface area contributed by atoms with Crippen LogP contribution in [0.3, 0.4) is 0 Å². The molecule has 0 aliphatic heterocycles. The number of hydrogen-bond acceptors (Lipinski definition) is 3. The van der Waals surface area contributed by atoms with Gasteiger partial charge in [-0.25, -0.2) is 8.78 Å². The summed E-state index contributed by atoms with van der Waals surface area (Å²) in [6.07, 6.45) is -1.67. The van der Waals surface area contributed by atoms with Gasteiger partial charge in [-0.3, -0.25) is 4.98 Å². The Kier molecular flexibility index (Phi) is 2.88. The predicted octanol–water partition coefficient (Wildman–Crippen LogP) is 1.38. The SMILES string of the molecule is N#Cc1cnc(C(F)F)c(CO)c1. The summed E-state index contributed by atoms with van der Waals surface area (Å²) in [7, 11) is 0. The van der Waals surface area contributed by atoms with Gasteiger partial charge in [-0.1, -0.05) is 0 Å². The van der Waals surface area contributed by atoms with Crippen LogP contribution in [0, 0.1) is 11.3 Å². The first-order valence-electron chi connectivity index (χ1n) is 3.47. The van der Waals surface area contributed by atoms with E-state index in [1.807, 2.05) is 0 Å². The summed E-state index contributed by atoms with van der Waals surface area (Å²) >= 11 is 0. The first-order valence-corrected chi connectivity index (χ1v) is 3.47. The van der Waals surface area contributed by atoms with Gasteiger partial charge in [0.25, 0.3) is 6.43 Å². The zero-order valence-electron chi connectivity index (χ0n) is 6.54. The number of aliphatic hydroxyl groups excluding tert-OH is 1. The molecule has 0 spiro atoms. The van der Waals surface area contributed by atoms with Crippen LogP contribution in [-0.2, 0) is 6.61 Å². The van der Waals surface area contributed by atoms with Gasteiger partial charge in [0.05, 0.1) is 12.2 Å². The van der Waals surface area contributed by atoms with Gasteiger partial charge in [0, 0.05) is 11.8 Å². The molecule has 1 heterocycles. The monoisotopic (exact) mass is 184 g/mol. The van der Waals surface area contributed by atoms with Crippen molar-refractivity contribution in [1.29, 1.82) is 5.26 Å². The second kappa shape index (κ2) is 3.92. The van der Waals surface area contributed by atoms with Crippen molar-refractivity contribution in [3.05, 3.63) is 29.1 Å². The second-order valence-electron chi connectivity index (χ2n) is 2.34. The van der Waals surface area contributed by atoms with Crippen LogP contribution >= 0.6 is 0 Å². The van der Waals surface area contributed by atoms with E-state index in [1.54, 1.807) is 6.07 Å². The molecule has 1 N–H and O–H groups in total. The Bertz CT molecular complexity index is 346. The molecule has 3 nitrogen and oxygen atoms in total. The van der Waals surface area contributed by atoms with Gasteiger partial charge in [0.2, 0.25) is 0 Å². The fourth-order valence-electron chi connectivity index (χ4n) is 0.905. The lowest BCUT2D eigenvalue weighted by Crippen LogP contribution is -1.99. The van der Waals surface area contributed by atoms with Crippen LogP contribution in [0.2, 0.25) is 0 Å². The molecule has 0 aliphatic rings. The summed E-state index contributed by atoms with van der Waals surface area (Å²) in [5.74, 6) is 0. The third-order valence-electron chi connectivity index (χ3n) is 1.51. The van der Waals surface area contributed by atoms with Gasteiger partial charge >= 0.3 is 0 Å². The number of aromatic nitrogens is 1. The maximum absolute atomic E-state index is 12.2. The molecule has 0 radical (unpaired) electrons. The number of halogens is 2. The van der Waals surface area contributed by atoms with E-state index in [0.717, 1.165) is 6.20 Å². The lowest BCUT2D eigenvalue weighted by molar-refractivity contribution is 0.141. The largest absolute Gasteiger partial charge is 0.392 e. The third kappa shape index (κ3) is 1.98. The van der Waals surface area contributed by atoms with E-state index in [0.29, 0.717) is 0 Å². The number of aliphatic hydroxyl groups is 1. The molecule has 5 heteroatoms. The van der Waals surface area contributed by atoms with Crippen LogP contribution in [0.4, 0.5) is 8.78 Å². The fraction of sp³-hybridized carbons (Fsp3) is 0.250. The van der Waals surface area contributed by atoms with Crippen LogP contribution in [0.15, 0.2) is 12.3 Å².